The Morgan fingerprint density at radius 2 is 1.62 bits per heavy atom. The van der Waals surface area contributed by atoms with E-state index in [4.69, 9.17) is 23.2 Å². The monoisotopic (exact) mass is 347 g/mol. The summed E-state index contributed by atoms with van der Waals surface area (Å²) in [6.45, 7) is 1.19. The normalized spacial score (nSPS) is 31.3. The molecule has 0 N–H and O–H groups in total. The van der Waals surface area contributed by atoms with Gasteiger partial charge in [-0.15, -0.1) is 12.4 Å². The molecule has 118 valence electrons. The summed E-state index contributed by atoms with van der Waals surface area (Å²) in [5.74, 6) is 3.17. The van der Waals surface area contributed by atoms with Gasteiger partial charge in [-0.3, -0.25) is 0 Å². The van der Waals surface area contributed by atoms with Gasteiger partial charge in [-0.25, -0.2) is 0 Å². The van der Waals surface area contributed by atoms with Crippen LogP contribution in [0.15, 0.2) is 18.2 Å². The van der Waals surface area contributed by atoms with Gasteiger partial charge >= 0.3 is 0 Å². The Labute approximate surface area is 144 Å². The molecule has 3 fully saturated rings. The lowest BCUT2D eigenvalue weighted by molar-refractivity contribution is 0.0507. The summed E-state index contributed by atoms with van der Waals surface area (Å²) < 4.78 is 0. The fraction of sp³-hybridized carbons (Fsp3) is 0.647. The van der Waals surface area contributed by atoms with Gasteiger partial charge in [-0.05, 0) is 81.1 Å². The summed E-state index contributed by atoms with van der Waals surface area (Å²) in [6.07, 6.45) is 5.61. The number of hydrogen-bond donors (Lipinski definition) is 0. The molecule has 0 amide bonds. The van der Waals surface area contributed by atoms with Gasteiger partial charge < -0.3 is 4.90 Å². The third-order valence-electron chi connectivity index (χ3n) is 5.30. The maximum Gasteiger partial charge on any atom is 0.0595 e. The van der Waals surface area contributed by atoms with Crippen LogP contribution >= 0.6 is 35.6 Å². The molecule has 21 heavy (non-hydrogen) atoms. The lowest BCUT2D eigenvalue weighted by Crippen LogP contribution is -2.43. The van der Waals surface area contributed by atoms with E-state index in [1.807, 2.05) is 6.07 Å². The fourth-order valence-electron chi connectivity index (χ4n) is 4.50. The lowest BCUT2D eigenvalue weighted by Gasteiger charge is -2.50. The maximum absolute atomic E-state index is 6.25. The molecule has 0 aliphatic heterocycles. The minimum atomic E-state index is 0. The van der Waals surface area contributed by atoms with Crippen molar-refractivity contribution in [3.8, 4) is 0 Å². The molecule has 3 aliphatic rings. The van der Waals surface area contributed by atoms with Gasteiger partial charge in [0.1, 0.15) is 0 Å². The van der Waals surface area contributed by atoms with Crippen LogP contribution in [0.1, 0.15) is 37.2 Å². The largest absolute Gasteiger partial charge is 0.309 e. The van der Waals surface area contributed by atoms with Crippen molar-refractivity contribution >= 4 is 35.6 Å². The van der Waals surface area contributed by atoms with Crippen molar-refractivity contribution in [2.75, 3.05) is 20.6 Å². The number of rotatable bonds is 3. The standard InChI is InChI=1S/C17H23Cl2N.ClH/c1-20(2)10-14-11-3-5-12(6-4-11)17(14)13-7-8-15(18)16(19)9-13;/h7-9,11-12,14,17H,3-6,10H2,1-2H3;1H/t11?,12?,14-,17-;/m0./s1. The molecular weight excluding hydrogens is 325 g/mol. The van der Waals surface area contributed by atoms with Gasteiger partial charge in [-0.2, -0.15) is 0 Å². The van der Waals surface area contributed by atoms with Crippen LogP contribution in [0.25, 0.3) is 0 Å². The van der Waals surface area contributed by atoms with Crippen molar-refractivity contribution in [2.45, 2.75) is 31.6 Å². The average molecular weight is 349 g/mol. The quantitative estimate of drug-likeness (QED) is 0.697. The highest BCUT2D eigenvalue weighted by Crippen LogP contribution is 2.53. The predicted molar refractivity (Wildman–Crippen MR) is 93.9 cm³/mol. The van der Waals surface area contributed by atoms with E-state index in [0.29, 0.717) is 16.0 Å². The number of benzene rings is 1. The molecule has 4 rings (SSSR count). The molecule has 0 heterocycles. The second kappa shape index (κ2) is 7.08. The van der Waals surface area contributed by atoms with Crippen LogP contribution in [0.2, 0.25) is 10.0 Å². The van der Waals surface area contributed by atoms with E-state index in [-0.39, 0.29) is 12.4 Å². The van der Waals surface area contributed by atoms with E-state index in [1.165, 1.54) is 37.8 Å². The summed E-state index contributed by atoms with van der Waals surface area (Å²) in [4.78, 5) is 2.34. The number of hydrogen-bond acceptors (Lipinski definition) is 1. The predicted octanol–water partition coefficient (Wildman–Crippen LogP) is 5.50. The van der Waals surface area contributed by atoms with Crippen molar-refractivity contribution in [3.63, 3.8) is 0 Å². The van der Waals surface area contributed by atoms with Gasteiger partial charge in [0.15, 0.2) is 0 Å². The molecule has 1 nitrogen and oxygen atoms in total. The Bertz CT molecular complexity index is 481. The van der Waals surface area contributed by atoms with Gasteiger partial charge in [0.25, 0.3) is 0 Å². The van der Waals surface area contributed by atoms with E-state index in [1.54, 1.807) is 0 Å². The molecule has 0 saturated heterocycles. The molecule has 0 spiro atoms. The van der Waals surface area contributed by atoms with Crippen molar-refractivity contribution in [3.05, 3.63) is 33.8 Å². The molecule has 3 saturated carbocycles. The summed E-state index contributed by atoms with van der Waals surface area (Å²) in [5, 5.41) is 1.37. The van der Waals surface area contributed by atoms with Crippen molar-refractivity contribution in [2.24, 2.45) is 17.8 Å². The third kappa shape index (κ3) is 3.52. The van der Waals surface area contributed by atoms with E-state index < -0.39 is 0 Å². The zero-order valence-electron chi connectivity index (χ0n) is 12.7. The highest BCUT2D eigenvalue weighted by atomic mass is 35.5. The minimum Gasteiger partial charge on any atom is -0.309 e. The van der Waals surface area contributed by atoms with Gasteiger partial charge in [0, 0.05) is 6.54 Å². The SMILES string of the molecule is CN(C)C[C@H]1C2CCC(CC2)[C@H]1c1ccc(Cl)c(Cl)c1.Cl. The van der Waals surface area contributed by atoms with Crippen LogP contribution in [0.5, 0.6) is 0 Å². The molecule has 1 aromatic rings. The summed E-state index contributed by atoms with van der Waals surface area (Å²) in [5.41, 5.74) is 1.40. The van der Waals surface area contributed by atoms with Crippen molar-refractivity contribution in [1.29, 1.82) is 0 Å². The smallest absolute Gasteiger partial charge is 0.0595 e. The molecule has 0 unspecified atom stereocenters. The van der Waals surface area contributed by atoms with E-state index in [9.17, 15) is 0 Å². The van der Waals surface area contributed by atoms with Crippen LogP contribution in [0, 0.1) is 17.8 Å². The molecule has 4 heteroatoms. The molecule has 2 bridgehead atoms. The Morgan fingerprint density at radius 3 is 2.19 bits per heavy atom. The average Bonchev–Trinajstić information content (AvgIpc) is 2.43. The highest BCUT2D eigenvalue weighted by molar-refractivity contribution is 6.42. The first-order chi connectivity index (χ1) is 9.56. The maximum atomic E-state index is 6.25. The number of nitrogens with zero attached hydrogens (tertiary/aromatic N) is 1. The first-order valence-corrected chi connectivity index (χ1v) is 8.41. The van der Waals surface area contributed by atoms with Crippen LogP contribution in [-0.2, 0) is 0 Å². The van der Waals surface area contributed by atoms with Gasteiger partial charge in [0.2, 0.25) is 0 Å². The zero-order chi connectivity index (χ0) is 14.3. The molecule has 1 aromatic carbocycles. The number of halogens is 3. The van der Waals surface area contributed by atoms with Gasteiger partial charge in [-0.1, -0.05) is 29.3 Å². The highest BCUT2D eigenvalue weighted by Gasteiger charge is 2.44. The number of fused-ring (bicyclic) bond motifs is 3. The zero-order valence-corrected chi connectivity index (χ0v) is 15.0. The molecule has 2 atom stereocenters. The first-order valence-electron chi connectivity index (χ1n) is 7.66. The summed E-state index contributed by atoms with van der Waals surface area (Å²) in [7, 11) is 4.38. The minimum absolute atomic E-state index is 0. The summed E-state index contributed by atoms with van der Waals surface area (Å²) in [6, 6.07) is 6.27. The van der Waals surface area contributed by atoms with Gasteiger partial charge in [0.05, 0.1) is 10.0 Å². The lowest BCUT2D eigenvalue weighted by atomic mass is 9.57. The third-order valence-corrected chi connectivity index (χ3v) is 6.03. The van der Waals surface area contributed by atoms with Crippen LogP contribution < -0.4 is 0 Å². The topological polar surface area (TPSA) is 3.24 Å². The molecule has 0 aromatic heterocycles. The van der Waals surface area contributed by atoms with E-state index in [0.717, 1.165) is 17.8 Å². The van der Waals surface area contributed by atoms with Crippen LogP contribution in [-0.4, -0.2) is 25.5 Å². The van der Waals surface area contributed by atoms with E-state index >= 15 is 0 Å². The van der Waals surface area contributed by atoms with Crippen molar-refractivity contribution < 1.29 is 0 Å². The second-order valence-corrected chi connectivity index (χ2v) is 7.61. The summed E-state index contributed by atoms with van der Waals surface area (Å²) >= 11 is 12.3. The fourth-order valence-corrected chi connectivity index (χ4v) is 4.80. The Kier molecular flexibility index (Phi) is 5.87. The first kappa shape index (κ1) is 17.4. The Balaban J connectivity index is 0.00000161. The molecule has 0 radical (unpaired) electrons. The Hall–Kier alpha value is 0.0500. The Morgan fingerprint density at radius 1 is 1.00 bits per heavy atom. The second-order valence-electron chi connectivity index (χ2n) is 6.80. The van der Waals surface area contributed by atoms with Crippen LogP contribution in [0.4, 0.5) is 0 Å². The molecule has 3 aliphatic carbocycles. The molecular formula is C17H24Cl3N. The van der Waals surface area contributed by atoms with Crippen molar-refractivity contribution in [1.82, 2.24) is 4.90 Å². The van der Waals surface area contributed by atoms with E-state index in [2.05, 4.69) is 31.1 Å². The van der Waals surface area contributed by atoms with Crippen LogP contribution in [0.3, 0.4) is 0 Å².